The van der Waals surface area contributed by atoms with Crippen molar-refractivity contribution >= 4 is 28.4 Å². The number of hydrogen-bond acceptors (Lipinski definition) is 6. The number of methoxy groups -OCH3 is 1. The number of carbonyl (C=O) groups is 2. The summed E-state index contributed by atoms with van der Waals surface area (Å²) in [4.78, 5) is 33.1. The molecule has 2 amide bonds. The van der Waals surface area contributed by atoms with Gasteiger partial charge in [-0.05, 0) is 81.3 Å². The van der Waals surface area contributed by atoms with E-state index in [4.69, 9.17) is 4.74 Å². The SMILES string of the molecule is COc1ccc(CNc2nccc3ccc(C(=O)N4CCC5(CC4)Cc4cn(C(C)(C)C)nc4C(=O)N5)cc23)cc1. The molecular formula is C32H36N6O3. The maximum atomic E-state index is 13.6. The van der Waals surface area contributed by atoms with E-state index in [1.165, 1.54) is 0 Å². The number of amides is 2. The van der Waals surface area contributed by atoms with Gasteiger partial charge in [0.1, 0.15) is 11.6 Å². The first-order valence-electron chi connectivity index (χ1n) is 14.1. The number of benzene rings is 2. The molecule has 1 spiro atoms. The predicted molar refractivity (Wildman–Crippen MR) is 158 cm³/mol. The average Bonchev–Trinajstić information content (AvgIpc) is 3.41. The van der Waals surface area contributed by atoms with Gasteiger partial charge in [-0.25, -0.2) is 4.98 Å². The van der Waals surface area contributed by atoms with Crippen LogP contribution in [0.25, 0.3) is 10.8 Å². The van der Waals surface area contributed by atoms with Crippen LogP contribution in [0.15, 0.2) is 60.9 Å². The number of ether oxygens (including phenoxy) is 1. The van der Waals surface area contributed by atoms with Crippen LogP contribution in [-0.2, 0) is 18.5 Å². The summed E-state index contributed by atoms with van der Waals surface area (Å²) in [6.07, 6.45) is 5.93. The number of aromatic nitrogens is 3. The first-order valence-corrected chi connectivity index (χ1v) is 14.1. The van der Waals surface area contributed by atoms with Gasteiger partial charge in [-0.2, -0.15) is 5.10 Å². The lowest BCUT2D eigenvalue weighted by Crippen LogP contribution is -2.59. The molecule has 1 fully saturated rings. The predicted octanol–water partition coefficient (Wildman–Crippen LogP) is 4.77. The van der Waals surface area contributed by atoms with Gasteiger partial charge in [0, 0.05) is 54.1 Å². The molecule has 4 aromatic rings. The van der Waals surface area contributed by atoms with Crippen LogP contribution >= 0.6 is 0 Å². The summed E-state index contributed by atoms with van der Waals surface area (Å²) < 4.78 is 7.13. The molecule has 1 saturated heterocycles. The van der Waals surface area contributed by atoms with Crippen LogP contribution in [-0.4, -0.2) is 57.2 Å². The highest BCUT2D eigenvalue weighted by Crippen LogP contribution is 2.33. The number of hydrogen-bond donors (Lipinski definition) is 2. The molecule has 6 rings (SSSR count). The number of nitrogens with one attached hydrogen (secondary N) is 2. The lowest BCUT2D eigenvalue weighted by molar-refractivity contribution is 0.0605. The highest BCUT2D eigenvalue weighted by atomic mass is 16.5. The highest BCUT2D eigenvalue weighted by Gasteiger charge is 2.43. The maximum Gasteiger partial charge on any atom is 0.272 e. The molecule has 2 aliphatic rings. The Kier molecular flexibility index (Phi) is 6.68. The first-order chi connectivity index (χ1) is 19.6. The minimum Gasteiger partial charge on any atom is -0.497 e. The molecule has 0 bridgehead atoms. The summed E-state index contributed by atoms with van der Waals surface area (Å²) in [6.45, 7) is 7.99. The van der Waals surface area contributed by atoms with Crippen molar-refractivity contribution in [1.82, 2.24) is 25.0 Å². The van der Waals surface area contributed by atoms with Crippen molar-refractivity contribution in [3.63, 3.8) is 0 Å². The Morgan fingerprint density at radius 1 is 1.10 bits per heavy atom. The summed E-state index contributed by atoms with van der Waals surface area (Å²) in [5.41, 5.74) is 2.70. The summed E-state index contributed by atoms with van der Waals surface area (Å²) >= 11 is 0. The number of pyridine rings is 1. The molecule has 2 aromatic heterocycles. The average molecular weight is 553 g/mol. The minimum atomic E-state index is -0.349. The molecule has 0 atom stereocenters. The van der Waals surface area contributed by atoms with E-state index >= 15 is 0 Å². The highest BCUT2D eigenvalue weighted by molar-refractivity contribution is 6.01. The Balaban J connectivity index is 1.15. The monoisotopic (exact) mass is 552 g/mol. The topological polar surface area (TPSA) is 101 Å². The number of rotatable bonds is 5. The molecule has 0 aliphatic carbocycles. The molecule has 2 aliphatic heterocycles. The van der Waals surface area contributed by atoms with Gasteiger partial charge in [0.05, 0.1) is 12.6 Å². The molecular weight excluding hydrogens is 516 g/mol. The van der Waals surface area contributed by atoms with Gasteiger partial charge in [0.2, 0.25) is 0 Å². The van der Waals surface area contributed by atoms with Crippen molar-refractivity contribution < 1.29 is 14.3 Å². The zero-order valence-corrected chi connectivity index (χ0v) is 24.0. The first kappa shape index (κ1) is 26.8. The van der Waals surface area contributed by atoms with Crippen molar-refractivity contribution in [2.24, 2.45) is 0 Å². The number of nitrogens with zero attached hydrogens (tertiary/aromatic N) is 4. The lowest BCUT2D eigenvalue weighted by atomic mass is 9.79. The third kappa shape index (κ3) is 5.24. The third-order valence-electron chi connectivity index (χ3n) is 8.24. The zero-order chi connectivity index (χ0) is 28.8. The van der Waals surface area contributed by atoms with E-state index < -0.39 is 0 Å². The lowest BCUT2D eigenvalue weighted by Gasteiger charge is -2.44. The van der Waals surface area contributed by atoms with Gasteiger partial charge in [-0.1, -0.05) is 18.2 Å². The van der Waals surface area contributed by atoms with E-state index in [0.29, 0.717) is 43.7 Å². The third-order valence-corrected chi connectivity index (χ3v) is 8.24. The summed E-state index contributed by atoms with van der Waals surface area (Å²) in [5.74, 6) is 1.43. The van der Waals surface area contributed by atoms with E-state index in [2.05, 4.69) is 41.5 Å². The Morgan fingerprint density at radius 2 is 1.85 bits per heavy atom. The van der Waals surface area contributed by atoms with Crippen LogP contribution < -0.4 is 15.4 Å². The molecule has 9 nitrogen and oxygen atoms in total. The second-order valence-electron chi connectivity index (χ2n) is 12.1. The molecule has 2 N–H and O–H groups in total. The normalized spacial score (nSPS) is 16.4. The fraction of sp³-hybridized carbons (Fsp3) is 0.375. The van der Waals surface area contributed by atoms with Gasteiger partial charge in [-0.3, -0.25) is 14.3 Å². The Morgan fingerprint density at radius 3 is 2.56 bits per heavy atom. The summed E-state index contributed by atoms with van der Waals surface area (Å²) in [7, 11) is 1.65. The molecule has 0 saturated carbocycles. The zero-order valence-electron chi connectivity index (χ0n) is 24.0. The minimum absolute atomic E-state index is 0.00455. The number of fused-ring (bicyclic) bond motifs is 2. The smallest absolute Gasteiger partial charge is 0.272 e. The standard InChI is InChI=1S/C32H36N6O3/c1-31(2,3)38-20-24-18-32(35-29(39)27(24)36-38)12-15-37(16-13-32)30(40)23-8-7-22-11-14-33-28(26(22)17-23)34-19-21-5-9-25(41-4)10-6-21/h5-11,14,17,20H,12-13,15-16,18-19H2,1-4H3,(H,33,34)(H,35,39). The fourth-order valence-corrected chi connectivity index (χ4v) is 5.78. The van der Waals surface area contributed by atoms with Gasteiger partial charge >= 0.3 is 0 Å². The van der Waals surface area contributed by atoms with Crippen LogP contribution in [0.1, 0.15) is 65.6 Å². The van der Waals surface area contributed by atoms with Crippen molar-refractivity contribution in [1.29, 1.82) is 0 Å². The summed E-state index contributed by atoms with van der Waals surface area (Å²) in [6, 6.07) is 15.6. The Hall–Kier alpha value is -4.40. The van der Waals surface area contributed by atoms with Crippen molar-refractivity contribution in [2.75, 3.05) is 25.5 Å². The van der Waals surface area contributed by atoms with Gasteiger partial charge in [-0.15, -0.1) is 0 Å². The number of anilines is 1. The number of carbonyl (C=O) groups excluding carboxylic acids is 2. The molecule has 0 radical (unpaired) electrons. The molecule has 41 heavy (non-hydrogen) atoms. The van der Waals surface area contributed by atoms with E-state index in [1.54, 1.807) is 13.3 Å². The largest absolute Gasteiger partial charge is 0.497 e. The quantitative estimate of drug-likeness (QED) is 0.370. The van der Waals surface area contributed by atoms with Crippen LogP contribution in [0, 0.1) is 0 Å². The Bertz CT molecular complexity index is 1610. The van der Waals surface area contributed by atoms with Gasteiger partial charge in [0.25, 0.3) is 11.8 Å². The van der Waals surface area contributed by atoms with E-state index in [9.17, 15) is 9.59 Å². The van der Waals surface area contributed by atoms with Gasteiger partial charge in [0.15, 0.2) is 5.69 Å². The van der Waals surface area contributed by atoms with Crippen LogP contribution in [0.4, 0.5) is 5.82 Å². The molecule has 0 unspecified atom stereocenters. The second kappa shape index (κ2) is 10.2. The molecule has 2 aromatic carbocycles. The van der Waals surface area contributed by atoms with Crippen molar-refractivity contribution in [2.45, 2.75) is 57.7 Å². The van der Waals surface area contributed by atoms with E-state index in [1.807, 2.05) is 64.3 Å². The van der Waals surface area contributed by atoms with E-state index in [-0.39, 0.29) is 22.9 Å². The summed E-state index contributed by atoms with van der Waals surface area (Å²) in [5, 5.41) is 13.1. The van der Waals surface area contributed by atoms with Gasteiger partial charge < -0.3 is 20.3 Å². The van der Waals surface area contributed by atoms with Crippen molar-refractivity contribution in [3.05, 3.63) is 83.3 Å². The molecule has 9 heteroatoms. The number of piperidine rings is 1. The molecule has 4 heterocycles. The maximum absolute atomic E-state index is 13.6. The van der Waals surface area contributed by atoms with Crippen LogP contribution in [0.2, 0.25) is 0 Å². The number of likely N-dealkylation sites (tertiary alicyclic amines) is 1. The Labute approximate surface area is 239 Å². The fourth-order valence-electron chi connectivity index (χ4n) is 5.78. The van der Waals surface area contributed by atoms with Crippen LogP contribution in [0.5, 0.6) is 5.75 Å². The van der Waals surface area contributed by atoms with Crippen molar-refractivity contribution in [3.8, 4) is 5.75 Å². The van der Waals surface area contributed by atoms with E-state index in [0.717, 1.165) is 39.9 Å². The second-order valence-corrected chi connectivity index (χ2v) is 12.1. The molecule has 212 valence electrons. The van der Waals surface area contributed by atoms with Crippen LogP contribution in [0.3, 0.4) is 0 Å².